The monoisotopic (exact) mass is 264 g/mol. The quantitative estimate of drug-likeness (QED) is 0.653. The lowest BCUT2D eigenvalue weighted by Crippen LogP contribution is -1.83. The van der Waals surface area contributed by atoms with E-state index < -0.39 is 0 Å². The molecule has 4 N–H and O–H groups in total. The third kappa shape index (κ3) is 3.89. The maximum Gasteiger partial charge on any atom is 0.0447 e. The summed E-state index contributed by atoms with van der Waals surface area (Å²) in [7, 11) is 0. The Labute approximate surface area is 109 Å². The second-order valence-corrected chi connectivity index (χ2v) is 5.19. The topological polar surface area (TPSA) is 61.3 Å². The molecule has 0 fully saturated rings. The first kappa shape index (κ1) is 12.2. The Kier molecular flexibility index (Phi) is 4.19. The second kappa shape index (κ2) is 5.86. The number of nitrogen functional groups attached to an aromatic ring is 2. The van der Waals surface area contributed by atoms with Crippen molar-refractivity contribution in [3.63, 3.8) is 0 Å². The predicted octanol–water partition coefficient (Wildman–Crippen LogP) is 3.58. The lowest BCUT2D eigenvalue weighted by Gasteiger charge is -2.02. The van der Waals surface area contributed by atoms with Crippen LogP contribution in [-0.4, -0.2) is 0 Å². The van der Waals surface area contributed by atoms with Crippen LogP contribution < -0.4 is 11.5 Å². The molecule has 0 saturated carbocycles. The summed E-state index contributed by atoms with van der Waals surface area (Å²) in [5.74, 6) is 0. The molecule has 0 aliphatic carbocycles. The van der Waals surface area contributed by atoms with Crippen molar-refractivity contribution in [2.45, 2.75) is 9.79 Å². The highest BCUT2D eigenvalue weighted by atomic mass is 32.2. The molecular weight excluding hydrogens is 252 g/mol. The fraction of sp³-hybridized carbons (Fsp3) is 0. The van der Waals surface area contributed by atoms with E-state index in [1.807, 2.05) is 48.5 Å². The molecule has 0 aliphatic heterocycles. The van der Waals surface area contributed by atoms with Crippen molar-refractivity contribution in [2.24, 2.45) is 0 Å². The SMILES string of the molecule is Nc1ccc(SOSc2ccc(N)cc2)cc1. The molecule has 17 heavy (non-hydrogen) atoms. The van der Waals surface area contributed by atoms with Gasteiger partial charge in [-0.3, -0.25) is 0 Å². The highest BCUT2D eigenvalue weighted by Gasteiger charge is 1.98. The lowest BCUT2D eigenvalue weighted by molar-refractivity contribution is 0.757. The summed E-state index contributed by atoms with van der Waals surface area (Å²) in [4.78, 5) is 2.03. The summed E-state index contributed by atoms with van der Waals surface area (Å²) >= 11 is 2.61. The molecule has 0 unspecified atom stereocenters. The lowest BCUT2D eigenvalue weighted by atomic mass is 10.3. The van der Waals surface area contributed by atoms with Crippen LogP contribution in [-0.2, 0) is 3.63 Å². The number of benzene rings is 2. The van der Waals surface area contributed by atoms with E-state index in [9.17, 15) is 0 Å². The van der Waals surface area contributed by atoms with Gasteiger partial charge in [0.15, 0.2) is 0 Å². The van der Waals surface area contributed by atoms with Gasteiger partial charge < -0.3 is 11.5 Å². The van der Waals surface area contributed by atoms with Crippen LogP contribution in [0.15, 0.2) is 58.3 Å². The second-order valence-electron chi connectivity index (χ2n) is 3.37. The van der Waals surface area contributed by atoms with Gasteiger partial charge >= 0.3 is 0 Å². The van der Waals surface area contributed by atoms with Crippen molar-refractivity contribution in [3.05, 3.63) is 48.5 Å². The highest BCUT2D eigenvalue weighted by molar-refractivity contribution is 8.07. The molecule has 88 valence electrons. The van der Waals surface area contributed by atoms with Gasteiger partial charge in [0.2, 0.25) is 0 Å². The van der Waals surface area contributed by atoms with Gasteiger partial charge in [-0.05, 0) is 48.5 Å². The summed E-state index contributed by atoms with van der Waals surface area (Å²) in [5.41, 5.74) is 12.7. The van der Waals surface area contributed by atoms with Crippen LogP contribution in [0.5, 0.6) is 0 Å². The minimum Gasteiger partial charge on any atom is -0.399 e. The van der Waals surface area contributed by atoms with Crippen LogP contribution in [0.3, 0.4) is 0 Å². The van der Waals surface area contributed by atoms with E-state index in [1.54, 1.807) is 0 Å². The van der Waals surface area contributed by atoms with Crippen molar-refractivity contribution in [2.75, 3.05) is 11.5 Å². The van der Waals surface area contributed by atoms with Crippen molar-refractivity contribution in [1.82, 2.24) is 0 Å². The Morgan fingerprint density at radius 2 is 1.00 bits per heavy atom. The summed E-state index contributed by atoms with van der Waals surface area (Å²) < 4.78 is 5.44. The molecular formula is C12H12N2OS2. The number of anilines is 2. The number of hydrogen-bond acceptors (Lipinski definition) is 5. The van der Waals surface area contributed by atoms with Gasteiger partial charge in [0, 0.05) is 45.3 Å². The molecule has 2 rings (SSSR count). The number of hydrogen-bond donors (Lipinski definition) is 2. The first-order valence-corrected chi connectivity index (χ1v) is 6.44. The van der Waals surface area contributed by atoms with Crippen LogP contribution in [0, 0.1) is 0 Å². The van der Waals surface area contributed by atoms with Crippen molar-refractivity contribution in [1.29, 1.82) is 0 Å². The fourth-order valence-corrected chi connectivity index (χ4v) is 2.40. The molecule has 3 nitrogen and oxygen atoms in total. The van der Waals surface area contributed by atoms with Crippen LogP contribution in [0.1, 0.15) is 0 Å². The van der Waals surface area contributed by atoms with Gasteiger partial charge in [-0.25, -0.2) is 3.63 Å². The smallest absolute Gasteiger partial charge is 0.0447 e. The molecule has 5 heteroatoms. The van der Waals surface area contributed by atoms with Crippen LogP contribution in [0.4, 0.5) is 11.4 Å². The zero-order valence-corrected chi connectivity index (χ0v) is 10.6. The largest absolute Gasteiger partial charge is 0.399 e. The molecule has 0 amide bonds. The van der Waals surface area contributed by atoms with Crippen molar-refractivity contribution >= 4 is 35.5 Å². The number of rotatable bonds is 4. The summed E-state index contributed by atoms with van der Waals surface area (Å²) in [5, 5.41) is 0. The zero-order valence-electron chi connectivity index (χ0n) is 9.00. The number of nitrogens with two attached hydrogens (primary N) is 2. The maximum absolute atomic E-state index is 5.59. The van der Waals surface area contributed by atoms with E-state index in [-0.39, 0.29) is 0 Å². The third-order valence-corrected chi connectivity index (χ3v) is 3.49. The predicted molar refractivity (Wildman–Crippen MR) is 74.5 cm³/mol. The van der Waals surface area contributed by atoms with E-state index in [1.165, 1.54) is 24.1 Å². The summed E-state index contributed by atoms with van der Waals surface area (Å²) in [6.45, 7) is 0. The molecule has 0 spiro atoms. The van der Waals surface area contributed by atoms with Gasteiger partial charge in [-0.2, -0.15) is 0 Å². The van der Waals surface area contributed by atoms with Gasteiger partial charge in [0.05, 0.1) is 0 Å². The van der Waals surface area contributed by atoms with Gasteiger partial charge in [0.25, 0.3) is 0 Å². The first-order valence-electron chi connectivity index (χ1n) is 4.96. The average molecular weight is 264 g/mol. The molecule has 0 bridgehead atoms. The van der Waals surface area contributed by atoms with E-state index in [4.69, 9.17) is 15.1 Å². The summed E-state index contributed by atoms with van der Waals surface area (Å²) in [6, 6.07) is 15.1. The molecule has 2 aromatic carbocycles. The molecule has 0 aliphatic rings. The Hall–Kier alpha value is -1.30. The van der Waals surface area contributed by atoms with Gasteiger partial charge in [-0.1, -0.05) is 0 Å². The van der Waals surface area contributed by atoms with E-state index in [0.717, 1.165) is 21.2 Å². The Bertz CT molecular complexity index is 425. The van der Waals surface area contributed by atoms with Crippen molar-refractivity contribution in [3.8, 4) is 0 Å². The molecule has 0 atom stereocenters. The Balaban J connectivity index is 1.83. The van der Waals surface area contributed by atoms with Crippen LogP contribution in [0.2, 0.25) is 0 Å². The normalized spacial score (nSPS) is 10.4. The van der Waals surface area contributed by atoms with E-state index in [0.29, 0.717) is 0 Å². The van der Waals surface area contributed by atoms with E-state index in [2.05, 4.69) is 0 Å². The van der Waals surface area contributed by atoms with E-state index >= 15 is 0 Å². The highest BCUT2D eigenvalue weighted by Crippen LogP contribution is 2.30. The maximum atomic E-state index is 5.59. The van der Waals surface area contributed by atoms with Crippen molar-refractivity contribution < 1.29 is 3.63 Å². The zero-order chi connectivity index (χ0) is 12.1. The fourth-order valence-electron chi connectivity index (χ4n) is 1.14. The minimum absolute atomic E-state index is 0.750. The average Bonchev–Trinajstić information content (AvgIpc) is 2.34. The standard InChI is InChI=1S/C12H12N2OS2/c13-9-1-5-11(6-2-9)16-15-17-12-7-3-10(14)4-8-12/h1-8H,13-14H2. The van der Waals surface area contributed by atoms with Gasteiger partial charge in [-0.15, -0.1) is 0 Å². The first-order chi connectivity index (χ1) is 8.24. The third-order valence-electron chi connectivity index (χ3n) is 2.02. The van der Waals surface area contributed by atoms with Crippen LogP contribution in [0.25, 0.3) is 0 Å². The molecule has 0 radical (unpaired) electrons. The molecule has 2 aromatic rings. The van der Waals surface area contributed by atoms with Crippen LogP contribution >= 0.6 is 24.1 Å². The summed E-state index contributed by atoms with van der Waals surface area (Å²) in [6.07, 6.45) is 0. The molecule has 0 saturated heterocycles. The Morgan fingerprint density at radius 1 is 0.647 bits per heavy atom. The Morgan fingerprint density at radius 3 is 1.35 bits per heavy atom. The minimum atomic E-state index is 0.750. The molecule has 0 heterocycles. The molecule has 0 aromatic heterocycles. The van der Waals surface area contributed by atoms with Gasteiger partial charge in [0.1, 0.15) is 0 Å².